The minimum Gasteiger partial charge on any atom is -0.349 e. The molecule has 2 unspecified atom stereocenters. The van der Waals surface area contributed by atoms with Crippen LogP contribution in [0.5, 0.6) is 0 Å². The molecule has 1 aromatic heterocycles. The molecule has 1 amide bonds. The van der Waals surface area contributed by atoms with Gasteiger partial charge in [0.2, 0.25) is 10.0 Å². The van der Waals surface area contributed by atoms with E-state index >= 15 is 0 Å². The molecule has 48 heavy (non-hydrogen) atoms. The highest BCUT2D eigenvalue weighted by molar-refractivity contribution is 7.92. The Morgan fingerprint density at radius 3 is 2.27 bits per heavy atom. The van der Waals surface area contributed by atoms with Crippen LogP contribution >= 0.6 is 0 Å². The second-order valence-electron chi connectivity index (χ2n) is 13.9. The van der Waals surface area contributed by atoms with Gasteiger partial charge in [0.1, 0.15) is 17.2 Å². The first-order valence-electron chi connectivity index (χ1n) is 17.1. The summed E-state index contributed by atoms with van der Waals surface area (Å²) < 4.78 is 56.9. The van der Waals surface area contributed by atoms with Gasteiger partial charge in [-0.15, -0.1) is 0 Å². The van der Waals surface area contributed by atoms with Crippen molar-refractivity contribution >= 4 is 32.7 Å². The average Bonchev–Trinajstić information content (AvgIpc) is 3.51. The number of aromatic nitrogens is 2. The van der Waals surface area contributed by atoms with Crippen LogP contribution in [0.4, 0.5) is 14.5 Å². The summed E-state index contributed by atoms with van der Waals surface area (Å²) in [6, 6.07) is 20.8. The van der Waals surface area contributed by atoms with Gasteiger partial charge in [0.25, 0.3) is 5.91 Å². The van der Waals surface area contributed by atoms with Gasteiger partial charge in [-0.05, 0) is 106 Å². The van der Waals surface area contributed by atoms with E-state index in [0.29, 0.717) is 36.9 Å². The number of carbonyl (C=O) groups excluding carboxylic acids is 1. The molecular formula is C37H43F2N5O3S. The maximum Gasteiger partial charge on any atom is 0.257 e. The molecule has 2 N–H and O–H groups in total. The van der Waals surface area contributed by atoms with E-state index in [2.05, 4.69) is 70.2 Å². The van der Waals surface area contributed by atoms with Crippen molar-refractivity contribution in [3.8, 4) is 0 Å². The lowest BCUT2D eigenvalue weighted by Crippen LogP contribution is -2.44. The van der Waals surface area contributed by atoms with Gasteiger partial charge in [-0.1, -0.05) is 36.4 Å². The van der Waals surface area contributed by atoms with E-state index in [0.717, 1.165) is 55.5 Å². The molecule has 2 saturated heterocycles. The maximum absolute atomic E-state index is 14.9. The molecule has 3 fully saturated rings. The molecule has 2 atom stereocenters. The number of imidazole rings is 1. The zero-order valence-corrected chi connectivity index (χ0v) is 28.3. The number of benzene rings is 3. The molecule has 3 aliphatic rings. The number of amides is 1. The molecule has 0 radical (unpaired) electrons. The van der Waals surface area contributed by atoms with Crippen LogP contribution in [0.2, 0.25) is 0 Å². The molecular weight excluding hydrogens is 633 g/mol. The number of rotatable bonds is 9. The van der Waals surface area contributed by atoms with E-state index in [1.165, 1.54) is 42.3 Å². The number of nitrogens with zero attached hydrogens (tertiary/aromatic N) is 3. The molecule has 2 aliphatic heterocycles. The summed E-state index contributed by atoms with van der Waals surface area (Å²) in [6.07, 6.45) is 9.87. The molecule has 11 heteroatoms. The summed E-state index contributed by atoms with van der Waals surface area (Å²) in [5.74, 6) is -1.65. The van der Waals surface area contributed by atoms with Crippen LogP contribution in [-0.4, -0.2) is 59.7 Å². The Kier molecular flexibility index (Phi) is 9.02. The lowest BCUT2D eigenvalue weighted by molar-refractivity contribution is 0.0917. The van der Waals surface area contributed by atoms with Gasteiger partial charge in [0.15, 0.2) is 5.82 Å². The van der Waals surface area contributed by atoms with Crippen molar-refractivity contribution in [3.63, 3.8) is 0 Å². The zero-order chi connectivity index (χ0) is 33.6. The number of para-hydroxylation sites is 2. The van der Waals surface area contributed by atoms with E-state index in [1.807, 2.05) is 4.72 Å². The Hall–Kier alpha value is -3.83. The molecule has 7 rings (SSSR count). The standard InChI is InChI=1S/C37H43F2N5O3S/c1-23-40-32-5-3-4-6-34(32)44(23)30-21-28-15-16-29(22-30)43(28)20-19-24-7-9-25(10-8-24)26-11-13-27(14-12-26)41-37(45)35-31(38)17-18-33(36(35)39)42-48(2,46)47/h3-10,17-18,26-30,42H,11-16,19-22H2,1-2H3,(H,41,45). The Morgan fingerprint density at radius 1 is 0.896 bits per heavy atom. The molecule has 4 aromatic rings. The van der Waals surface area contributed by atoms with Crippen LogP contribution in [0.3, 0.4) is 0 Å². The SMILES string of the molecule is Cc1nc2ccccc2n1C1CC2CCC(C1)N2CCc1ccc(C2CCC(NC(=O)c3c(F)ccc(NS(C)(=O)=O)c3F)CC2)cc1. The summed E-state index contributed by atoms with van der Waals surface area (Å²) in [4.78, 5) is 20.4. The van der Waals surface area contributed by atoms with Crippen LogP contribution in [0, 0.1) is 18.6 Å². The van der Waals surface area contributed by atoms with E-state index < -0.39 is 38.8 Å². The number of nitrogens with one attached hydrogen (secondary N) is 2. The second-order valence-corrected chi connectivity index (χ2v) is 15.7. The minimum absolute atomic E-state index is 0.214. The zero-order valence-electron chi connectivity index (χ0n) is 27.5. The predicted molar refractivity (Wildman–Crippen MR) is 184 cm³/mol. The fourth-order valence-electron chi connectivity index (χ4n) is 8.53. The Bertz CT molecular complexity index is 1910. The Labute approximate surface area is 281 Å². The van der Waals surface area contributed by atoms with Gasteiger partial charge in [0.05, 0.1) is 23.0 Å². The van der Waals surface area contributed by atoms with Crippen molar-refractivity contribution in [3.05, 3.63) is 94.8 Å². The summed E-state index contributed by atoms with van der Waals surface area (Å²) in [5.41, 5.74) is 3.73. The number of hydrogen-bond donors (Lipinski definition) is 2. The number of piperidine rings is 1. The highest BCUT2D eigenvalue weighted by Crippen LogP contribution is 2.42. The van der Waals surface area contributed by atoms with Gasteiger partial charge < -0.3 is 9.88 Å². The molecule has 3 aromatic carbocycles. The number of sulfonamides is 1. The topological polar surface area (TPSA) is 96.3 Å². The summed E-state index contributed by atoms with van der Waals surface area (Å²) in [6.45, 7) is 3.21. The fraction of sp³-hybridized carbons (Fsp3) is 0.459. The highest BCUT2D eigenvalue weighted by Gasteiger charge is 2.41. The van der Waals surface area contributed by atoms with Crippen molar-refractivity contribution in [2.45, 2.75) is 94.8 Å². The third kappa shape index (κ3) is 6.72. The molecule has 1 saturated carbocycles. The van der Waals surface area contributed by atoms with Crippen LogP contribution in [0.25, 0.3) is 11.0 Å². The van der Waals surface area contributed by atoms with Crippen LogP contribution in [0.1, 0.15) is 90.6 Å². The van der Waals surface area contributed by atoms with Crippen LogP contribution in [0.15, 0.2) is 60.7 Å². The average molecular weight is 676 g/mol. The number of halogens is 2. The van der Waals surface area contributed by atoms with Gasteiger partial charge >= 0.3 is 0 Å². The first-order valence-corrected chi connectivity index (χ1v) is 19.0. The van der Waals surface area contributed by atoms with Gasteiger partial charge in [0, 0.05) is 30.7 Å². The molecule has 1 aliphatic carbocycles. The quantitative estimate of drug-likeness (QED) is 0.202. The van der Waals surface area contributed by atoms with Crippen LogP contribution < -0.4 is 10.0 Å². The maximum atomic E-state index is 14.9. The second kappa shape index (κ2) is 13.2. The summed E-state index contributed by atoms with van der Waals surface area (Å²) in [5, 5.41) is 2.76. The third-order valence-electron chi connectivity index (χ3n) is 10.8. The largest absolute Gasteiger partial charge is 0.349 e. The minimum atomic E-state index is -3.79. The van der Waals surface area contributed by atoms with Gasteiger partial charge in [-0.25, -0.2) is 22.2 Å². The predicted octanol–water partition coefficient (Wildman–Crippen LogP) is 6.86. The molecule has 254 valence electrons. The molecule has 8 nitrogen and oxygen atoms in total. The fourth-order valence-corrected chi connectivity index (χ4v) is 9.09. The van der Waals surface area contributed by atoms with E-state index in [4.69, 9.17) is 4.98 Å². The smallest absolute Gasteiger partial charge is 0.257 e. The Morgan fingerprint density at radius 2 is 1.58 bits per heavy atom. The number of anilines is 1. The third-order valence-corrected chi connectivity index (χ3v) is 11.4. The van der Waals surface area contributed by atoms with Crippen molar-refractivity contribution in [1.29, 1.82) is 0 Å². The van der Waals surface area contributed by atoms with Crippen LogP contribution in [-0.2, 0) is 16.4 Å². The molecule has 2 bridgehead atoms. The van der Waals surface area contributed by atoms with Crippen molar-refractivity contribution < 1.29 is 22.0 Å². The van der Waals surface area contributed by atoms with Crippen molar-refractivity contribution in [2.24, 2.45) is 0 Å². The van der Waals surface area contributed by atoms with E-state index in [1.54, 1.807) is 0 Å². The normalized spacial score (nSPS) is 24.5. The Balaban J connectivity index is 0.905. The number of fused-ring (bicyclic) bond motifs is 3. The highest BCUT2D eigenvalue weighted by atomic mass is 32.2. The summed E-state index contributed by atoms with van der Waals surface area (Å²) in [7, 11) is -3.79. The lowest BCUT2D eigenvalue weighted by Gasteiger charge is -2.40. The van der Waals surface area contributed by atoms with E-state index in [-0.39, 0.29) is 6.04 Å². The lowest BCUT2D eigenvalue weighted by atomic mass is 9.81. The first kappa shape index (κ1) is 32.7. The molecule has 3 heterocycles. The van der Waals surface area contributed by atoms with Gasteiger partial charge in [-0.2, -0.15) is 0 Å². The molecule has 0 spiro atoms. The summed E-state index contributed by atoms with van der Waals surface area (Å²) >= 11 is 0. The number of hydrogen-bond acceptors (Lipinski definition) is 5. The van der Waals surface area contributed by atoms with Crippen molar-refractivity contribution in [1.82, 2.24) is 19.8 Å². The number of aryl methyl sites for hydroxylation is 1. The monoisotopic (exact) mass is 675 g/mol. The van der Waals surface area contributed by atoms with Crippen molar-refractivity contribution in [2.75, 3.05) is 17.5 Å². The number of carbonyl (C=O) groups is 1. The van der Waals surface area contributed by atoms with Gasteiger partial charge in [-0.3, -0.25) is 14.4 Å². The first-order chi connectivity index (χ1) is 23.0. The van der Waals surface area contributed by atoms with E-state index in [9.17, 15) is 22.0 Å².